The maximum Gasteiger partial charge on any atom is 0.174 e. The molecule has 0 bridgehead atoms. The van der Waals surface area contributed by atoms with Gasteiger partial charge in [-0.25, -0.2) is 0 Å². The zero-order valence-electron chi connectivity index (χ0n) is 11.6. The SMILES string of the molecule is CCc1ccsc1CNCc1cccc(OCC#N)c1. The van der Waals surface area contributed by atoms with E-state index in [0.717, 1.165) is 30.8 Å². The summed E-state index contributed by atoms with van der Waals surface area (Å²) in [4.78, 5) is 1.41. The van der Waals surface area contributed by atoms with E-state index in [9.17, 15) is 0 Å². The molecule has 4 heteroatoms. The van der Waals surface area contributed by atoms with Crippen LogP contribution in [0.15, 0.2) is 35.7 Å². The molecule has 0 spiro atoms. The number of aryl methyl sites for hydroxylation is 1. The molecule has 0 unspecified atom stereocenters. The van der Waals surface area contributed by atoms with Crippen molar-refractivity contribution in [2.75, 3.05) is 6.61 Å². The van der Waals surface area contributed by atoms with E-state index < -0.39 is 0 Å². The molecule has 104 valence electrons. The lowest BCUT2D eigenvalue weighted by atomic mass is 10.2. The second kappa shape index (κ2) is 7.68. The minimum absolute atomic E-state index is 0.0892. The van der Waals surface area contributed by atoms with Crippen molar-refractivity contribution in [2.45, 2.75) is 26.4 Å². The van der Waals surface area contributed by atoms with E-state index in [1.54, 1.807) is 11.3 Å². The van der Waals surface area contributed by atoms with Gasteiger partial charge in [-0.2, -0.15) is 5.26 Å². The van der Waals surface area contributed by atoms with E-state index in [0.29, 0.717) is 0 Å². The largest absolute Gasteiger partial charge is 0.479 e. The first-order valence-electron chi connectivity index (χ1n) is 6.68. The van der Waals surface area contributed by atoms with E-state index in [4.69, 9.17) is 10.00 Å². The Morgan fingerprint density at radius 2 is 2.20 bits per heavy atom. The number of nitrogens with zero attached hydrogens (tertiary/aromatic N) is 1. The quantitative estimate of drug-likeness (QED) is 0.847. The molecular formula is C16H18N2OS. The van der Waals surface area contributed by atoms with Gasteiger partial charge in [-0.3, -0.25) is 0 Å². The maximum atomic E-state index is 8.51. The molecule has 3 nitrogen and oxygen atoms in total. The Labute approximate surface area is 123 Å². The Hall–Kier alpha value is -1.83. The van der Waals surface area contributed by atoms with Gasteiger partial charge in [0.05, 0.1) is 0 Å². The first-order valence-corrected chi connectivity index (χ1v) is 7.56. The Bertz CT molecular complexity index is 586. The van der Waals surface area contributed by atoms with Gasteiger partial charge in [-0.1, -0.05) is 19.1 Å². The zero-order valence-corrected chi connectivity index (χ0v) is 12.4. The number of thiophene rings is 1. The molecule has 2 aromatic rings. The van der Waals surface area contributed by atoms with Gasteiger partial charge in [0, 0.05) is 18.0 Å². The van der Waals surface area contributed by atoms with Crippen LogP contribution in [-0.4, -0.2) is 6.61 Å². The summed E-state index contributed by atoms with van der Waals surface area (Å²) in [5.41, 5.74) is 2.59. The van der Waals surface area contributed by atoms with Crippen LogP contribution in [0.25, 0.3) is 0 Å². The number of ether oxygens (including phenoxy) is 1. The molecule has 0 amide bonds. The lowest BCUT2D eigenvalue weighted by Crippen LogP contribution is -2.12. The van der Waals surface area contributed by atoms with E-state index in [-0.39, 0.29) is 6.61 Å². The van der Waals surface area contributed by atoms with Crippen LogP contribution in [-0.2, 0) is 19.5 Å². The van der Waals surface area contributed by atoms with E-state index in [2.05, 4.69) is 29.8 Å². The molecule has 1 heterocycles. The molecule has 0 atom stereocenters. The predicted molar refractivity (Wildman–Crippen MR) is 81.8 cm³/mol. The van der Waals surface area contributed by atoms with Crippen LogP contribution in [0.5, 0.6) is 5.75 Å². The van der Waals surface area contributed by atoms with E-state index >= 15 is 0 Å². The molecule has 0 saturated carbocycles. The molecule has 20 heavy (non-hydrogen) atoms. The van der Waals surface area contributed by atoms with Gasteiger partial charge in [0.2, 0.25) is 0 Å². The van der Waals surface area contributed by atoms with Crippen LogP contribution < -0.4 is 10.1 Å². The molecule has 0 radical (unpaired) electrons. The van der Waals surface area contributed by atoms with Crippen molar-refractivity contribution in [3.63, 3.8) is 0 Å². The second-order valence-electron chi connectivity index (χ2n) is 4.42. The minimum Gasteiger partial charge on any atom is -0.479 e. The molecule has 0 aliphatic rings. The Balaban J connectivity index is 1.86. The lowest BCUT2D eigenvalue weighted by Gasteiger charge is -2.07. The van der Waals surface area contributed by atoms with Gasteiger partial charge in [-0.15, -0.1) is 11.3 Å². The summed E-state index contributed by atoms with van der Waals surface area (Å²) in [5, 5.41) is 14.1. The Kier molecular flexibility index (Phi) is 5.60. The Morgan fingerprint density at radius 3 is 3.00 bits per heavy atom. The number of benzene rings is 1. The van der Waals surface area contributed by atoms with Crippen LogP contribution in [0.3, 0.4) is 0 Å². The van der Waals surface area contributed by atoms with Crippen LogP contribution in [0.2, 0.25) is 0 Å². The van der Waals surface area contributed by atoms with Crippen LogP contribution in [0, 0.1) is 11.3 Å². The van der Waals surface area contributed by atoms with Crippen molar-refractivity contribution < 1.29 is 4.74 Å². The molecule has 0 aliphatic carbocycles. The monoisotopic (exact) mass is 286 g/mol. The topological polar surface area (TPSA) is 45.0 Å². The lowest BCUT2D eigenvalue weighted by molar-refractivity contribution is 0.367. The second-order valence-corrected chi connectivity index (χ2v) is 5.42. The van der Waals surface area contributed by atoms with Crippen LogP contribution >= 0.6 is 11.3 Å². The molecule has 0 aliphatic heterocycles. The molecule has 2 rings (SSSR count). The van der Waals surface area contributed by atoms with E-state index in [1.807, 2.05) is 24.3 Å². The zero-order chi connectivity index (χ0) is 14.2. The number of nitrogens with one attached hydrogen (secondary N) is 1. The van der Waals surface area contributed by atoms with Crippen molar-refractivity contribution in [3.05, 3.63) is 51.7 Å². The van der Waals surface area contributed by atoms with Crippen molar-refractivity contribution in [1.82, 2.24) is 5.32 Å². The van der Waals surface area contributed by atoms with Gasteiger partial charge < -0.3 is 10.1 Å². The third-order valence-electron chi connectivity index (χ3n) is 3.04. The van der Waals surface area contributed by atoms with Gasteiger partial charge in [0.15, 0.2) is 6.61 Å². The van der Waals surface area contributed by atoms with Gasteiger partial charge in [0.1, 0.15) is 11.8 Å². The third-order valence-corrected chi connectivity index (χ3v) is 4.00. The highest BCUT2D eigenvalue weighted by molar-refractivity contribution is 7.10. The predicted octanol–water partition coefficient (Wildman–Crippen LogP) is 3.50. The molecule has 0 fully saturated rings. The summed E-state index contributed by atoms with van der Waals surface area (Å²) >= 11 is 1.80. The number of rotatable bonds is 7. The first kappa shape index (κ1) is 14.6. The summed E-state index contributed by atoms with van der Waals surface area (Å²) in [7, 11) is 0. The van der Waals surface area contributed by atoms with Crippen molar-refractivity contribution >= 4 is 11.3 Å². The molecule has 0 saturated heterocycles. The van der Waals surface area contributed by atoms with Gasteiger partial charge in [-0.05, 0) is 41.1 Å². The highest BCUT2D eigenvalue weighted by atomic mass is 32.1. The smallest absolute Gasteiger partial charge is 0.174 e. The normalized spacial score (nSPS) is 10.2. The average molecular weight is 286 g/mol. The highest BCUT2D eigenvalue weighted by Gasteiger charge is 2.02. The number of hydrogen-bond donors (Lipinski definition) is 1. The highest BCUT2D eigenvalue weighted by Crippen LogP contribution is 2.17. The van der Waals surface area contributed by atoms with E-state index in [1.165, 1.54) is 10.4 Å². The molecular weight excluding hydrogens is 268 g/mol. The third kappa shape index (κ3) is 4.09. The molecule has 1 aromatic heterocycles. The summed E-state index contributed by atoms with van der Waals surface area (Å²) in [5.74, 6) is 0.747. The first-order chi connectivity index (χ1) is 9.83. The summed E-state index contributed by atoms with van der Waals surface area (Å²) < 4.78 is 5.30. The Morgan fingerprint density at radius 1 is 1.30 bits per heavy atom. The fourth-order valence-corrected chi connectivity index (χ4v) is 2.96. The fraction of sp³-hybridized carbons (Fsp3) is 0.312. The van der Waals surface area contributed by atoms with Crippen LogP contribution in [0.1, 0.15) is 22.9 Å². The van der Waals surface area contributed by atoms with Crippen molar-refractivity contribution in [2.24, 2.45) is 0 Å². The average Bonchev–Trinajstić information content (AvgIpc) is 2.93. The summed E-state index contributed by atoms with van der Waals surface area (Å²) in [6, 6.07) is 12.0. The fourth-order valence-electron chi connectivity index (χ4n) is 2.02. The summed E-state index contributed by atoms with van der Waals surface area (Å²) in [6.07, 6.45) is 1.08. The molecule has 1 N–H and O–H groups in total. The van der Waals surface area contributed by atoms with Crippen LogP contribution in [0.4, 0.5) is 0 Å². The van der Waals surface area contributed by atoms with Gasteiger partial charge >= 0.3 is 0 Å². The van der Waals surface area contributed by atoms with Crippen molar-refractivity contribution in [3.8, 4) is 11.8 Å². The van der Waals surface area contributed by atoms with Gasteiger partial charge in [0.25, 0.3) is 0 Å². The van der Waals surface area contributed by atoms with Crippen molar-refractivity contribution in [1.29, 1.82) is 5.26 Å². The number of hydrogen-bond acceptors (Lipinski definition) is 4. The molecule has 1 aromatic carbocycles. The maximum absolute atomic E-state index is 8.51. The minimum atomic E-state index is 0.0892. The standard InChI is InChI=1S/C16H18N2OS/c1-2-14-6-9-20-16(14)12-18-11-13-4-3-5-15(10-13)19-8-7-17/h3-6,9-10,18H,2,8,11-12H2,1H3. The summed E-state index contributed by atoms with van der Waals surface area (Å²) in [6.45, 7) is 3.96. The number of nitriles is 1.